The molecule has 0 bridgehead atoms. The molecule has 1 aliphatic rings. The summed E-state index contributed by atoms with van der Waals surface area (Å²) >= 11 is 5.37. The fraction of sp³-hybridized carbons (Fsp3) is 0.714. The lowest BCUT2D eigenvalue weighted by Gasteiger charge is -2.31. The van der Waals surface area contributed by atoms with Crippen LogP contribution in [0.25, 0.3) is 0 Å². The van der Waals surface area contributed by atoms with Crippen molar-refractivity contribution in [3.63, 3.8) is 0 Å². The molecular formula is C14H22BrNOS. The minimum Gasteiger partial charge on any atom is -0.377 e. The highest BCUT2D eigenvalue weighted by Crippen LogP contribution is 2.21. The van der Waals surface area contributed by atoms with Gasteiger partial charge in [0, 0.05) is 34.7 Å². The Morgan fingerprint density at radius 3 is 2.67 bits per heavy atom. The van der Waals surface area contributed by atoms with Gasteiger partial charge in [0.1, 0.15) is 0 Å². The van der Waals surface area contributed by atoms with Gasteiger partial charge in [-0.1, -0.05) is 22.9 Å². The Bertz CT molecular complexity index is 347. The number of hydrogen-bond acceptors (Lipinski definition) is 3. The Hall–Kier alpha value is 0.1000. The molecule has 18 heavy (non-hydrogen) atoms. The maximum Gasteiger partial charge on any atom is 0.0599 e. The molecule has 0 atom stereocenters. The summed E-state index contributed by atoms with van der Waals surface area (Å²) in [5.41, 5.74) is 0. The topological polar surface area (TPSA) is 12.5 Å². The molecule has 0 unspecified atom stereocenters. The van der Waals surface area contributed by atoms with E-state index in [-0.39, 0.29) is 0 Å². The quantitative estimate of drug-likeness (QED) is 0.737. The Kier molecular flexibility index (Phi) is 6.15. The number of ether oxygens (including phenoxy) is 1. The second kappa shape index (κ2) is 7.63. The van der Waals surface area contributed by atoms with Crippen LogP contribution in [0.15, 0.2) is 12.1 Å². The van der Waals surface area contributed by atoms with E-state index in [0.717, 1.165) is 24.9 Å². The highest BCUT2D eigenvalue weighted by atomic mass is 79.9. The van der Waals surface area contributed by atoms with Crippen LogP contribution < -0.4 is 0 Å². The summed E-state index contributed by atoms with van der Waals surface area (Å²) in [6.07, 6.45) is 4.00. The molecule has 0 saturated carbocycles. The van der Waals surface area contributed by atoms with E-state index in [1.807, 2.05) is 11.3 Å². The number of rotatable bonds is 6. The van der Waals surface area contributed by atoms with Crippen molar-refractivity contribution in [1.29, 1.82) is 0 Å². The summed E-state index contributed by atoms with van der Waals surface area (Å²) in [5.74, 6) is 0. The predicted molar refractivity (Wildman–Crippen MR) is 81.7 cm³/mol. The van der Waals surface area contributed by atoms with Gasteiger partial charge in [0.25, 0.3) is 0 Å². The highest BCUT2D eigenvalue weighted by Gasteiger charge is 2.19. The average Bonchev–Trinajstić information content (AvgIpc) is 2.86. The Morgan fingerprint density at radius 2 is 2.06 bits per heavy atom. The van der Waals surface area contributed by atoms with Gasteiger partial charge < -0.3 is 4.74 Å². The minimum absolute atomic E-state index is 0.480. The normalized spacial score (nSPS) is 18.3. The van der Waals surface area contributed by atoms with Crippen molar-refractivity contribution in [2.75, 3.05) is 25.0 Å². The zero-order chi connectivity index (χ0) is 12.8. The number of aryl methyl sites for hydroxylation is 1. The van der Waals surface area contributed by atoms with Crippen LogP contribution in [-0.2, 0) is 17.7 Å². The molecule has 1 aliphatic heterocycles. The molecular weight excluding hydrogens is 310 g/mol. The summed E-state index contributed by atoms with van der Waals surface area (Å²) in [6.45, 7) is 6.53. The fourth-order valence-electron chi connectivity index (χ4n) is 2.36. The third-order valence-electron chi connectivity index (χ3n) is 3.41. The molecule has 0 spiro atoms. The van der Waals surface area contributed by atoms with Crippen molar-refractivity contribution in [3.8, 4) is 0 Å². The number of piperidine rings is 1. The summed E-state index contributed by atoms with van der Waals surface area (Å²) in [7, 11) is 0. The third kappa shape index (κ3) is 4.34. The van der Waals surface area contributed by atoms with Crippen LogP contribution in [0.2, 0.25) is 0 Å². The molecule has 1 saturated heterocycles. The monoisotopic (exact) mass is 331 g/mol. The average molecular weight is 332 g/mol. The van der Waals surface area contributed by atoms with Crippen molar-refractivity contribution in [2.24, 2.45) is 0 Å². The molecule has 0 amide bonds. The lowest BCUT2D eigenvalue weighted by atomic mass is 10.1. The van der Waals surface area contributed by atoms with Crippen LogP contribution in [0, 0.1) is 0 Å². The van der Waals surface area contributed by atoms with Gasteiger partial charge in [0.05, 0.1) is 12.7 Å². The fourth-order valence-corrected chi connectivity index (χ4v) is 3.55. The molecule has 1 aromatic heterocycles. The van der Waals surface area contributed by atoms with E-state index in [1.54, 1.807) is 0 Å². The van der Waals surface area contributed by atoms with E-state index in [9.17, 15) is 0 Å². The highest BCUT2D eigenvalue weighted by molar-refractivity contribution is 9.09. The molecule has 1 aromatic rings. The SMILES string of the molecule is CCc1ccc(CN2CCC(OCCBr)CC2)s1. The van der Waals surface area contributed by atoms with E-state index in [1.165, 1.54) is 35.7 Å². The van der Waals surface area contributed by atoms with Gasteiger partial charge in [-0.15, -0.1) is 11.3 Å². The Labute approximate surface area is 122 Å². The summed E-state index contributed by atoms with van der Waals surface area (Å²) in [6, 6.07) is 4.56. The maximum absolute atomic E-state index is 5.78. The van der Waals surface area contributed by atoms with Crippen molar-refractivity contribution in [3.05, 3.63) is 21.9 Å². The zero-order valence-corrected chi connectivity index (χ0v) is 13.4. The Morgan fingerprint density at radius 1 is 1.33 bits per heavy atom. The van der Waals surface area contributed by atoms with Gasteiger partial charge in [-0.05, 0) is 31.4 Å². The Balaban J connectivity index is 1.73. The molecule has 1 fully saturated rings. The third-order valence-corrected chi connectivity index (χ3v) is 4.95. The lowest BCUT2D eigenvalue weighted by molar-refractivity contribution is 0.0143. The van der Waals surface area contributed by atoms with E-state index < -0.39 is 0 Å². The van der Waals surface area contributed by atoms with E-state index in [4.69, 9.17) is 4.74 Å². The molecule has 2 nitrogen and oxygen atoms in total. The van der Waals surface area contributed by atoms with E-state index in [2.05, 4.69) is 39.9 Å². The number of nitrogens with zero attached hydrogens (tertiary/aromatic N) is 1. The molecule has 2 rings (SSSR count). The van der Waals surface area contributed by atoms with Crippen molar-refractivity contribution in [2.45, 2.75) is 38.8 Å². The minimum atomic E-state index is 0.480. The first-order chi connectivity index (χ1) is 8.81. The van der Waals surface area contributed by atoms with Gasteiger partial charge in [-0.3, -0.25) is 4.90 Å². The smallest absolute Gasteiger partial charge is 0.0599 e. The second-order valence-electron chi connectivity index (χ2n) is 4.76. The molecule has 2 heterocycles. The van der Waals surface area contributed by atoms with Crippen molar-refractivity contribution in [1.82, 2.24) is 4.90 Å². The van der Waals surface area contributed by atoms with Gasteiger partial charge in [0.15, 0.2) is 0 Å². The van der Waals surface area contributed by atoms with E-state index in [0.29, 0.717) is 6.10 Å². The van der Waals surface area contributed by atoms with Crippen molar-refractivity contribution < 1.29 is 4.74 Å². The number of thiophene rings is 1. The van der Waals surface area contributed by atoms with Crippen molar-refractivity contribution >= 4 is 27.3 Å². The van der Waals surface area contributed by atoms with E-state index >= 15 is 0 Å². The van der Waals surface area contributed by atoms with Crippen LogP contribution in [0.4, 0.5) is 0 Å². The summed E-state index contributed by atoms with van der Waals surface area (Å²) in [5, 5.41) is 0.947. The van der Waals surface area contributed by atoms with Gasteiger partial charge in [-0.25, -0.2) is 0 Å². The number of alkyl halides is 1. The molecule has 4 heteroatoms. The zero-order valence-electron chi connectivity index (χ0n) is 11.0. The number of hydrogen-bond donors (Lipinski definition) is 0. The molecule has 0 aromatic carbocycles. The van der Waals surface area contributed by atoms with Crippen LogP contribution in [0.5, 0.6) is 0 Å². The first-order valence-corrected chi connectivity index (χ1v) is 8.73. The lowest BCUT2D eigenvalue weighted by Crippen LogP contribution is -2.36. The first-order valence-electron chi connectivity index (χ1n) is 6.79. The summed E-state index contributed by atoms with van der Waals surface area (Å²) in [4.78, 5) is 5.56. The molecule has 0 aliphatic carbocycles. The first kappa shape index (κ1) is 14.5. The van der Waals surface area contributed by atoms with Crippen LogP contribution >= 0.6 is 27.3 Å². The van der Waals surface area contributed by atoms with Crippen LogP contribution in [0.1, 0.15) is 29.5 Å². The number of halogens is 1. The largest absolute Gasteiger partial charge is 0.377 e. The summed E-state index contributed by atoms with van der Waals surface area (Å²) < 4.78 is 5.78. The second-order valence-corrected chi connectivity index (χ2v) is 6.80. The molecule has 0 N–H and O–H groups in total. The maximum atomic E-state index is 5.78. The molecule has 102 valence electrons. The standard InChI is InChI=1S/C14H22BrNOS/c1-2-13-3-4-14(18-13)11-16-8-5-12(6-9-16)17-10-7-15/h3-4,12H,2,5-11H2,1H3. The number of likely N-dealkylation sites (tertiary alicyclic amines) is 1. The predicted octanol–water partition coefficient (Wildman–Crippen LogP) is 3.69. The van der Waals surface area contributed by atoms with Crippen LogP contribution in [-0.4, -0.2) is 36.0 Å². The molecule has 0 radical (unpaired) electrons. The van der Waals surface area contributed by atoms with Crippen LogP contribution in [0.3, 0.4) is 0 Å². The van der Waals surface area contributed by atoms with Gasteiger partial charge in [0.2, 0.25) is 0 Å². The van der Waals surface area contributed by atoms with Gasteiger partial charge in [-0.2, -0.15) is 0 Å². The van der Waals surface area contributed by atoms with Gasteiger partial charge >= 0.3 is 0 Å².